The predicted octanol–water partition coefficient (Wildman–Crippen LogP) is 2.58. The van der Waals surface area contributed by atoms with Crippen LogP contribution in [0.15, 0.2) is 35.8 Å². The normalized spacial score (nSPS) is 22.9. The molecule has 0 bridgehead atoms. The van der Waals surface area contributed by atoms with Crippen molar-refractivity contribution >= 4 is 40.0 Å². The highest BCUT2D eigenvalue weighted by atomic mass is 35.5. The number of carbonyl (C=O) groups is 2. The summed E-state index contributed by atoms with van der Waals surface area (Å²) in [7, 11) is 0. The van der Waals surface area contributed by atoms with Crippen molar-refractivity contribution in [3.63, 3.8) is 0 Å². The van der Waals surface area contributed by atoms with Crippen molar-refractivity contribution in [3.05, 3.63) is 46.4 Å². The molecule has 8 heteroatoms. The van der Waals surface area contributed by atoms with E-state index in [1.54, 1.807) is 20.8 Å². The Morgan fingerprint density at radius 3 is 2.43 bits per heavy atom. The van der Waals surface area contributed by atoms with Gasteiger partial charge >= 0.3 is 11.1 Å². The fraction of sp³-hybridized carbons (Fsp3) is 0.450. The highest BCUT2D eigenvalue weighted by molar-refractivity contribution is 7.12. The molecule has 1 fully saturated rings. The molecule has 2 aromatic rings. The van der Waals surface area contributed by atoms with Crippen LogP contribution in [0.2, 0.25) is 5.02 Å². The molecule has 0 radical (unpaired) electrons. The number of benzene rings is 1. The van der Waals surface area contributed by atoms with E-state index in [1.165, 1.54) is 11.3 Å². The Kier molecular flexibility index (Phi) is 6.72. The zero-order valence-electron chi connectivity index (χ0n) is 16.1. The van der Waals surface area contributed by atoms with Gasteiger partial charge in [-0.05, 0) is 31.2 Å². The van der Waals surface area contributed by atoms with Gasteiger partial charge in [0.15, 0.2) is 0 Å². The van der Waals surface area contributed by atoms with Crippen molar-refractivity contribution < 1.29 is 24.4 Å². The van der Waals surface area contributed by atoms with Gasteiger partial charge in [0.1, 0.15) is 12.7 Å². The lowest BCUT2D eigenvalue weighted by molar-refractivity contribution is -0.669. The van der Waals surface area contributed by atoms with Crippen LogP contribution in [0.5, 0.6) is 0 Å². The second-order valence-corrected chi connectivity index (χ2v) is 9.06. The van der Waals surface area contributed by atoms with Crippen molar-refractivity contribution in [2.45, 2.75) is 40.2 Å². The number of hydrogen-bond donors (Lipinski definition) is 2. The first-order chi connectivity index (χ1) is 13.0. The topological polar surface area (TPSA) is 107 Å². The largest absolute Gasteiger partial charge is 0.550 e. The van der Waals surface area contributed by atoms with Crippen molar-refractivity contribution in [1.29, 1.82) is 0 Å². The van der Waals surface area contributed by atoms with Crippen molar-refractivity contribution in [2.75, 3.05) is 5.73 Å². The molecule has 152 valence electrons. The van der Waals surface area contributed by atoms with Crippen molar-refractivity contribution in [1.82, 2.24) is 0 Å². The number of nitrogen functional groups attached to an aromatic ring is 1. The van der Waals surface area contributed by atoms with Crippen LogP contribution in [-0.4, -0.2) is 17.0 Å². The van der Waals surface area contributed by atoms with Crippen LogP contribution in [0, 0.1) is 16.7 Å². The van der Waals surface area contributed by atoms with Gasteiger partial charge in [0.2, 0.25) is 0 Å². The SMILES string of the molecule is CC1(C(=O)O)CCC(C(=O)[O-])C1(C)C.Nc1scc[n+]1Cc1ccccc1Cl. The van der Waals surface area contributed by atoms with Crippen LogP contribution < -0.4 is 15.4 Å². The third kappa shape index (κ3) is 4.31. The first kappa shape index (κ1) is 22.2. The Balaban J connectivity index is 0.000000200. The van der Waals surface area contributed by atoms with Gasteiger partial charge in [-0.25, -0.2) is 4.57 Å². The van der Waals surface area contributed by atoms with Gasteiger partial charge in [-0.15, -0.1) is 0 Å². The van der Waals surface area contributed by atoms with Gasteiger partial charge in [-0.3, -0.25) is 10.5 Å². The number of nitrogens with zero attached hydrogens (tertiary/aromatic N) is 1. The minimum Gasteiger partial charge on any atom is -0.550 e. The summed E-state index contributed by atoms with van der Waals surface area (Å²) in [5, 5.41) is 23.5. The molecule has 6 nitrogen and oxygen atoms in total. The van der Waals surface area contributed by atoms with Crippen LogP contribution in [0.4, 0.5) is 5.13 Å². The number of halogens is 1. The van der Waals surface area contributed by atoms with Crippen LogP contribution in [-0.2, 0) is 16.1 Å². The van der Waals surface area contributed by atoms with Gasteiger partial charge in [-0.1, -0.05) is 55.0 Å². The summed E-state index contributed by atoms with van der Waals surface area (Å²) < 4.78 is 1.98. The Labute approximate surface area is 173 Å². The van der Waals surface area contributed by atoms with Gasteiger partial charge in [0.25, 0.3) is 0 Å². The van der Waals surface area contributed by atoms with E-state index in [9.17, 15) is 14.7 Å². The number of carboxylic acids is 2. The summed E-state index contributed by atoms with van der Waals surface area (Å²) in [4.78, 5) is 21.9. The zero-order valence-corrected chi connectivity index (χ0v) is 17.7. The van der Waals surface area contributed by atoms with Gasteiger partial charge in [0, 0.05) is 27.9 Å². The summed E-state index contributed by atoms with van der Waals surface area (Å²) in [5.74, 6) is -2.73. The smallest absolute Gasteiger partial charge is 0.331 e. The number of rotatable bonds is 4. The number of aromatic nitrogens is 1. The van der Waals surface area contributed by atoms with E-state index in [0.717, 1.165) is 22.3 Å². The zero-order chi connectivity index (χ0) is 21.1. The summed E-state index contributed by atoms with van der Waals surface area (Å²) >= 11 is 7.57. The third-order valence-electron chi connectivity index (χ3n) is 5.99. The molecule has 0 aliphatic heterocycles. The fourth-order valence-electron chi connectivity index (χ4n) is 3.55. The van der Waals surface area contributed by atoms with Crippen molar-refractivity contribution in [3.8, 4) is 0 Å². The molecule has 3 N–H and O–H groups in total. The number of carboxylic acid groups (broad SMARTS) is 2. The summed E-state index contributed by atoms with van der Waals surface area (Å²) in [6.07, 6.45) is 2.75. The van der Waals surface area contributed by atoms with Gasteiger partial charge in [0.05, 0.1) is 5.41 Å². The van der Waals surface area contributed by atoms with E-state index in [1.807, 2.05) is 40.4 Å². The van der Waals surface area contributed by atoms with Crippen LogP contribution in [0.1, 0.15) is 39.2 Å². The maximum Gasteiger partial charge on any atom is 0.331 e. The molecule has 0 saturated heterocycles. The average molecular weight is 425 g/mol. The van der Waals surface area contributed by atoms with Crippen LogP contribution in [0.3, 0.4) is 0 Å². The highest BCUT2D eigenvalue weighted by Gasteiger charge is 2.56. The molecule has 0 spiro atoms. The Hall–Kier alpha value is -2.12. The molecular formula is C20H25ClN2O4S. The fourth-order valence-corrected chi connectivity index (χ4v) is 4.35. The van der Waals surface area contributed by atoms with Gasteiger partial charge in [-0.2, -0.15) is 0 Å². The molecule has 2 unspecified atom stereocenters. The number of thiazole rings is 1. The van der Waals surface area contributed by atoms with E-state index in [2.05, 4.69) is 0 Å². The molecule has 1 aliphatic carbocycles. The molecule has 1 aliphatic rings. The molecule has 1 aromatic carbocycles. The summed E-state index contributed by atoms with van der Waals surface area (Å²) in [6, 6.07) is 7.80. The molecule has 28 heavy (non-hydrogen) atoms. The molecule has 1 saturated carbocycles. The standard InChI is InChI=1S/C10H9ClN2S.C10H16O4/c11-9-4-2-1-3-8(9)7-13-5-6-14-10(13)12;1-9(2)6(7(11)12)4-5-10(9,3)8(13)14/h1-6,12H,7H2;6H,4-5H2,1-3H3,(H,11,12)(H,13,14). The summed E-state index contributed by atoms with van der Waals surface area (Å²) in [5.41, 5.74) is 5.15. The molecular weight excluding hydrogens is 400 g/mol. The number of hydrogen-bond acceptors (Lipinski definition) is 5. The van der Waals surface area contributed by atoms with E-state index in [0.29, 0.717) is 12.8 Å². The summed E-state index contributed by atoms with van der Waals surface area (Å²) in [6.45, 7) is 5.72. The van der Waals surface area contributed by atoms with E-state index in [-0.39, 0.29) is 0 Å². The molecule has 3 rings (SSSR count). The van der Waals surface area contributed by atoms with Crippen molar-refractivity contribution in [2.24, 2.45) is 16.7 Å². The second kappa shape index (κ2) is 8.49. The van der Waals surface area contributed by atoms with Gasteiger partial charge < -0.3 is 15.0 Å². The lowest BCUT2D eigenvalue weighted by atomic mass is 9.66. The first-order valence-corrected chi connectivity index (χ1v) is 10.2. The van der Waals surface area contributed by atoms with E-state index in [4.69, 9.17) is 22.4 Å². The Bertz CT molecular complexity index is 867. The molecule has 0 amide bonds. The number of aliphatic carboxylic acids is 2. The average Bonchev–Trinajstić information content (AvgIpc) is 3.12. The van der Waals surface area contributed by atoms with E-state index < -0.39 is 28.7 Å². The molecule has 1 aromatic heterocycles. The van der Waals surface area contributed by atoms with E-state index >= 15 is 0 Å². The third-order valence-corrected chi connectivity index (χ3v) is 7.10. The number of nitrogens with two attached hydrogens (primary N) is 1. The second-order valence-electron chi connectivity index (χ2n) is 7.73. The number of carbonyl (C=O) groups excluding carboxylic acids is 1. The molecule has 1 heterocycles. The highest BCUT2D eigenvalue weighted by Crippen LogP contribution is 2.55. The lowest BCUT2D eigenvalue weighted by Crippen LogP contribution is -2.46. The maximum atomic E-state index is 11.1. The minimum atomic E-state index is -1.14. The number of anilines is 1. The van der Waals surface area contributed by atoms with Crippen LogP contribution in [0.25, 0.3) is 0 Å². The Morgan fingerprint density at radius 1 is 1.36 bits per heavy atom. The lowest BCUT2D eigenvalue weighted by Gasteiger charge is -2.38. The maximum absolute atomic E-state index is 11.1. The first-order valence-electron chi connectivity index (χ1n) is 8.90. The van der Waals surface area contributed by atoms with Crippen LogP contribution >= 0.6 is 22.9 Å². The minimum absolute atomic E-state index is 0.387. The monoisotopic (exact) mass is 424 g/mol. The Morgan fingerprint density at radius 2 is 2.00 bits per heavy atom. The molecule has 2 atom stereocenters. The quantitative estimate of drug-likeness (QED) is 0.733. The predicted molar refractivity (Wildman–Crippen MR) is 107 cm³/mol.